The molecule has 5 rings (SSSR count). The third kappa shape index (κ3) is 6.38. The second-order valence-electron chi connectivity index (χ2n) is 10.5. The van der Waals surface area contributed by atoms with Crippen molar-refractivity contribution in [3.8, 4) is 16.9 Å². The van der Waals surface area contributed by atoms with E-state index in [1.807, 2.05) is 19.1 Å². The molecule has 3 aromatic rings. The Morgan fingerprint density at radius 2 is 1.63 bits per heavy atom. The molecule has 0 bridgehead atoms. The number of hydrogen-bond donors (Lipinski definition) is 4. The van der Waals surface area contributed by atoms with Gasteiger partial charge in [0.15, 0.2) is 0 Å². The number of hydrogen-bond acceptors (Lipinski definition) is 6. The number of aryl methyl sites for hydroxylation is 1. The first kappa shape index (κ1) is 27.1. The van der Waals surface area contributed by atoms with Gasteiger partial charge in [0.25, 0.3) is 0 Å². The van der Waals surface area contributed by atoms with E-state index in [0.717, 1.165) is 59.0 Å². The summed E-state index contributed by atoms with van der Waals surface area (Å²) in [6, 6.07) is 18.9. The van der Waals surface area contributed by atoms with Crippen molar-refractivity contribution in [2.45, 2.75) is 66.1 Å². The van der Waals surface area contributed by atoms with Crippen LogP contribution in [0.25, 0.3) is 11.1 Å². The second kappa shape index (κ2) is 12.1. The smallest absolute Gasteiger partial charge is 0.398 e. The number of rotatable bonds is 10. The van der Waals surface area contributed by atoms with E-state index in [-0.39, 0.29) is 29.4 Å². The van der Waals surface area contributed by atoms with Crippen molar-refractivity contribution >= 4 is 17.1 Å². The van der Waals surface area contributed by atoms with E-state index in [2.05, 4.69) is 42.5 Å². The molecule has 1 heterocycles. The zero-order valence-electron chi connectivity index (χ0n) is 22.2. The van der Waals surface area contributed by atoms with Gasteiger partial charge in [-0.2, -0.15) is 0 Å². The van der Waals surface area contributed by atoms with Crippen LogP contribution in [0.1, 0.15) is 61.6 Å². The molecule has 0 spiro atoms. The van der Waals surface area contributed by atoms with Gasteiger partial charge in [-0.15, -0.1) is 0 Å². The van der Waals surface area contributed by atoms with Crippen LogP contribution in [0.5, 0.6) is 5.75 Å². The third-order valence-corrected chi connectivity index (χ3v) is 10.4. The van der Waals surface area contributed by atoms with Crippen LogP contribution in [0, 0.1) is 5.92 Å². The van der Waals surface area contributed by atoms with Gasteiger partial charge in [0.1, 0.15) is 0 Å². The summed E-state index contributed by atoms with van der Waals surface area (Å²) in [6.07, 6.45) is 7.01. The van der Waals surface area contributed by atoms with Gasteiger partial charge in [-0.1, -0.05) is 12.1 Å². The first-order valence-electron chi connectivity index (χ1n) is 13.7. The number of nitrogen functional groups attached to an aromatic ring is 3. The molecule has 8 N–H and O–H groups in total. The molecule has 0 aromatic heterocycles. The summed E-state index contributed by atoms with van der Waals surface area (Å²) in [5, 5.41) is 0. The van der Waals surface area contributed by atoms with Gasteiger partial charge in [0, 0.05) is 17.9 Å². The van der Waals surface area contributed by atoms with E-state index in [0.29, 0.717) is 24.8 Å². The predicted octanol–water partition coefficient (Wildman–Crippen LogP) is 2.64. The Balaban J connectivity index is 1.15. The zero-order valence-corrected chi connectivity index (χ0v) is 24.3. The van der Waals surface area contributed by atoms with Gasteiger partial charge < -0.3 is 10.5 Å². The Hall–Kier alpha value is -2.49. The fourth-order valence-electron chi connectivity index (χ4n) is 5.57. The van der Waals surface area contributed by atoms with E-state index >= 15 is 0 Å². The van der Waals surface area contributed by atoms with Crippen molar-refractivity contribution in [1.29, 1.82) is 0 Å². The normalized spacial score (nSPS) is 23.0. The number of anilines is 3. The van der Waals surface area contributed by atoms with Gasteiger partial charge in [0.2, 0.25) is 0 Å². The van der Waals surface area contributed by atoms with Crippen LogP contribution >= 0.6 is 0 Å². The number of nitrogens with two attached hydrogens (primary N) is 4. The van der Waals surface area contributed by atoms with Crippen LogP contribution in [0.2, 0.25) is 0 Å². The molecule has 0 radical (unpaired) electrons. The summed E-state index contributed by atoms with van der Waals surface area (Å²) < 4.78 is 11.9. The number of alkyl halides is 2. The Kier molecular flexibility index (Phi) is 8.65. The van der Waals surface area contributed by atoms with E-state index in [1.165, 1.54) is 30.4 Å². The van der Waals surface area contributed by atoms with E-state index in [1.54, 1.807) is 0 Å². The van der Waals surface area contributed by atoms with Gasteiger partial charge in [-0.3, -0.25) is 0 Å². The van der Waals surface area contributed by atoms with Gasteiger partial charge in [-0.25, -0.2) is 0 Å². The summed E-state index contributed by atoms with van der Waals surface area (Å²) in [4.78, 5) is 0. The van der Waals surface area contributed by atoms with Crippen molar-refractivity contribution in [3.63, 3.8) is 0 Å². The summed E-state index contributed by atoms with van der Waals surface area (Å²) in [5.41, 5.74) is 33.2. The molecule has 6 nitrogen and oxygen atoms in total. The average Bonchev–Trinajstić information content (AvgIpc) is 3.63. The Morgan fingerprint density at radius 3 is 2.29 bits per heavy atom. The molecule has 0 unspecified atom stereocenters. The van der Waals surface area contributed by atoms with Crippen molar-refractivity contribution in [2.75, 3.05) is 23.8 Å². The minimum Gasteiger partial charge on any atom is -0.398 e. The van der Waals surface area contributed by atoms with Crippen molar-refractivity contribution in [1.82, 2.24) is 0 Å². The van der Waals surface area contributed by atoms with Crippen LogP contribution in [0.15, 0.2) is 54.6 Å². The zero-order chi connectivity index (χ0) is 26.6. The molecular formula is C31H40IN4O2-. The number of benzene rings is 3. The summed E-state index contributed by atoms with van der Waals surface area (Å²) in [7, 11) is 0. The third-order valence-electron chi connectivity index (χ3n) is 7.99. The van der Waals surface area contributed by atoms with Crippen LogP contribution in [-0.4, -0.2) is 14.8 Å². The predicted molar refractivity (Wildman–Crippen MR) is 152 cm³/mol. The van der Waals surface area contributed by atoms with E-state index in [4.69, 9.17) is 32.4 Å². The van der Waals surface area contributed by atoms with Crippen LogP contribution < -0.4 is 48.9 Å². The first-order valence-corrected chi connectivity index (χ1v) is 16.2. The molecule has 3 aromatic carbocycles. The fraction of sp³-hybridized carbons (Fsp3) is 0.419. The van der Waals surface area contributed by atoms with Crippen LogP contribution in [0.3, 0.4) is 0 Å². The van der Waals surface area contributed by atoms with E-state index in [9.17, 15) is 0 Å². The summed E-state index contributed by atoms with van der Waals surface area (Å²) in [6.45, 7) is 3.29. The number of ether oxygens (including phenoxy) is 2. The fourth-order valence-corrected chi connectivity index (χ4v) is 6.74. The van der Waals surface area contributed by atoms with Crippen LogP contribution in [-0.2, 0) is 17.8 Å². The van der Waals surface area contributed by atoms with Gasteiger partial charge in [-0.05, 0) is 50.2 Å². The molecule has 1 saturated heterocycles. The topological polar surface area (TPSA) is 123 Å². The Bertz CT molecular complexity index is 1240. The first-order chi connectivity index (χ1) is 18.4. The molecule has 1 aliphatic heterocycles. The molecule has 1 aliphatic carbocycles. The molecule has 2 atom stereocenters. The maximum atomic E-state index is 6.62. The average molecular weight is 628 g/mol. The van der Waals surface area contributed by atoms with Crippen molar-refractivity contribution in [3.05, 3.63) is 71.3 Å². The minimum absolute atomic E-state index is 0.00225. The molecule has 204 valence electrons. The molecule has 2 fully saturated rings. The SMILES string of the molecule is CCOCc1ccc(CCC2CCC(c3ccc(-c4ccc(O[C@@H]5[I-][C@H]5N)cc4)c(N)c3N)CC2)cc1N. The standard InChI is InChI=1S/C31H40IN4O2/c1-2-37-18-23-10-7-20(17-27(23)33)4-3-19-5-8-21(9-6-19)25-15-16-26(29(35)28(25)34)22-11-13-24(14-12-22)38-31-30(36)32-31/h7,10-17,19,21,30-31H,2-6,8-9,18,33-36H2,1H3/q-1/t19?,21?,30-,31-/m0/s1. The van der Waals surface area contributed by atoms with Crippen molar-refractivity contribution < 1.29 is 30.7 Å². The molecule has 2 aliphatic rings. The molecule has 1 saturated carbocycles. The van der Waals surface area contributed by atoms with Gasteiger partial charge >= 0.3 is 140 Å². The molecule has 7 heteroatoms. The molecule has 38 heavy (non-hydrogen) atoms. The Labute approximate surface area is 236 Å². The Morgan fingerprint density at radius 1 is 0.895 bits per heavy atom. The molecular weight excluding hydrogens is 587 g/mol. The second-order valence-corrected chi connectivity index (χ2v) is 13.9. The quantitative estimate of drug-likeness (QED) is 0.119. The van der Waals surface area contributed by atoms with Crippen LogP contribution in [0.4, 0.5) is 17.1 Å². The summed E-state index contributed by atoms with van der Waals surface area (Å²) in [5.74, 6) is 2.08. The maximum absolute atomic E-state index is 6.62. The number of halogens is 1. The monoisotopic (exact) mass is 627 g/mol. The minimum atomic E-state index is 0.00225. The van der Waals surface area contributed by atoms with Gasteiger partial charge in [0.05, 0.1) is 6.61 Å². The molecule has 0 amide bonds. The summed E-state index contributed by atoms with van der Waals surface area (Å²) >= 11 is 0.00225. The van der Waals surface area contributed by atoms with Crippen molar-refractivity contribution in [2.24, 2.45) is 11.7 Å². The van der Waals surface area contributed by atoms with E-state index < -0.39 is 0 Å².